The highest BCUT2D eigenvalue weighted by molar-refractivity contribution is 9.10. The monoisotopic (exact) mass is 323 g/mol. The van der Waals surface area contributed by atoms with Gasteiger partial charge in [0.15, 0.2) is 18.2 Å². The van der Waals surface area contributed by atoms with E-state index in [4.69, 9.17) is 16.3 Å². The van der Waals surface area contributed by atoms with Gasteiger partial charge in [-0.25, -0.2) is 4.39 Å². The molecule has 0 saturated heterocycles. The summed E-state index contributed by atoms with van der Waals surface area (Å²) in [5.74, 6) is -0.934. The van der Waals surface area contributed by atoms with E-state index in [1.807, 2.05) is 13.8 Å². The molecule has 0 atom stereocenters. The molecule has 0 aliphatic heterocycles. The predicted molar refractivity (Wildman–Crippen MR) is 67.9 cm³/mol. The lowest BCUT2D eigenvalue weighted by atomic mass is 10.3. The molecule has 0 heterocycles. The van der Waals surface area contributed by atoms with Gasteiger partial charge in [-0.2, -0.15) is 0 Å². The van der Waals surface area contributed by atoms with Gasteiger partial charge in [0.25, 0.3) is 5.91 Å². The Morgan fingerprint density at radius 3 is 2.76 bits per heavy atom. The second-order valence-electron chi connectivity index (χ2n) is 3.71. The highest BCUT2D eigenvalue weighted by Gasteiger charge is 2.12. The fraction of sp³-hybridized carbons (Fsp3) is 0.364. The average Bonchev–Trinajstić information content (AvgIpc) is 2.14. The lowest BCUT2D eigenvalue weighted by molar-refractivity contribution is -0.123. The Kier molecular flexibility index (Phi) is 5.21. The van der Waals surface area contributed by atoms with Crippen molar-refractivity contribution in [3.8, 4) is 5.75 Å². The van der Waals surface area contributed by atoms with Crippen molar-refractivity contribution in [1.29, 1.82) is 0 Å². The molecule has 1 aromatic rings. The summed E-state index contributed by atoms with van der Waals surface area (Å²) in [4.78, 5) is 11.3. The Morgan fingerprint density at radius 1 is 1.59 bits per heavy atom. The molecule has 0 radical (unpaired) electrons. The van der Waals surface area contributed by atoms with Crippen LogP contribution in [0.25, 0.3) is 0 Å². The van der Waals surface area contributed by atoms with Crippen molar-refractivity contribution in [2.75, 3.05) is 6.61 Å². The average molecular weight is 325 g/mol. The minimum atomic E-state index is -0.610. The van der Waals surface area contributed by atoms with Crippen molar-refractivity contribution in [3.05, 3.63) is 27.4 Å². The Morgan fingerprint density at radius 2 is 2.24 bits per heavy atom. The largest absolute Gasteiger partial charge is 0.480 e. The number of carbonyl (C=O) groups excluding carboxylic acids is 1. The van der Waals surface area contributed by atoms with Gasteiger partial charge in [0, 0.05) is 11.1 Å². The van der Waals surface area contributed by atoms with Crippen molar-refractivity contribution in [2.45, 2.75) is 19.9 Å². The summed E-state index contributed by atoms with van der Waals surface area (Å²) < 4.78 is 18.9. The number of hydrogen-bond acceptors (Lipinski definition) is 2. The van der Waals surface area contributed by atoms with E-state index in [1.165, 1.54) is 6.07 Å². The van der Waals surface area contributed by atoms with Gasteiger partial charge < -0.3 is 10.1 Å². The molecule has 3 nitrogen and oxygen atoms in total. The van der Waals surface area contributed by atoms with Crippen LogP contribution in [-0.2, 0) is 4.79 Å². The summed E-state index contributed by atoms with van der Waals surface area (Å²) in [6, 6.07) is 2.65. The summed E-state index contributed by atoms with van der Waals surface area (Å²) in [7, 11) is 0. The van der Waals surface area contributed by atoms with Crippen LogP contribution in [0.4, 0.5) is 4.39 Å². The van der Waals surface area contributed by atoms with Crippen molar-refractivity contribution < 1.29 is 13.9 Å². The Labute approximate surface area is 112 Å². The molecule has 0 bridgehead atoms. The highest BCUT2D eigenvalue weighted by Crippen LogP contribution is 2.31. The standard InChI is InChI=1S/C11H12BrClFNO2/c1-6(2)15-10(16)5-17-11-8(12)3-7(13)4-9(11)14/h3-4,6H,5H2,1-2H3,(H,15,16). The van der Waals surface area contributed by atoms with E-state index in [0.29, 0.717) is 4.47 Å². The SMILES string of the molecule is CC(C)NC(=O)COc1c(F)cc(Cl)cc1Br. The van der Waals surface area contributed by atoms with Crippen LogP contribution in [0.2, 0.25) is 5.02 Å². The number of benzene rings is 1. The minimum absolute atomic E-state index is 0.0182. The van der Waals surface area contributed by atoms with Gasteiger partial charge in [0.1, 0.15) is 0 Å². The zero-order valence-electron chi connectivity index (χ0n) is 9.39. The van der Waals surface area contributed by atoms with Gasteiger partial charge in [-0.1, -0.05) is 11.6 Å². The number of halogens is 3. The molecule has 0 fully saturated rings. The molecule has 1 aromatic carbocycles. The third-order valence-corrected chi connectivity index (χ3v) is 2.57. The van der Waals surface area contributed by atoms with Crippen molar-refractivity contribution in [3.63, 3.8) is 0 Å². The van der Waals surface area contributed by atoms with Gasteiger partial charge in [0.2, 0.25) is 0 Å². The van der Waals surface area contributed by atoms with Crippen LogP contribution >= 0.6 is 27.5 Å². The van der Waals surface area contributed by atoms with Crippen LogP contribution in [0.1, 0.15) is 13.8 Å². The fourth-order valence-electron chi connectivity index (χ4n) is 1.17. The first-order chi connectivity index (χ1) is 7.90. The number of rotatable bonds is 4. The van der Waals surface area contributed by atoms with E-state index in [2.05, 4.69) is 21.2 Å². The summed E-state index contributed by atoms with van der Waals surface area (Å²) in [6.07, 6.45) is 0. The lowest BCUT2D eigenvalue weighted by Gasteiger charge is -2.11. The molecule has 1 amide bonds. The molecule has 0 spiro atoms. The van der Waals surface area contributed by atoms with Crippen molar-refractivity contribution in [1.82, 2.24) is 5.32 Å². The summed E-state index contributed by atoms with van der Waals surface area (Å²) in [5, 5.41) is 2.89. The molecule has 94 valence electrons. The third-order valence-electron chi connectivity index (χ3n) is 1.76. The number of amides is 1. The predicted octanol–water partition coefficient (Wildman–Crippen LogP) is 3.15. The van der Waals surface area contributed by atoms with E-state index in [-0.39, 0.29) is 29.3 Å². The minimum Gasteiger partial charge on any atom is -0.480 e. The molecule has 0 aliphatic carbocycles. The number of ether oxygens (including phenoxy) is 1. The molecule has 6 heteroatoms. The molecule has 0 aromatic heterocycles. The molecule has 0 saturated carbocycles. The maximum absolute atomic E-state index is 13.5. The van der Waals surface area contributed by atoms with E-state index in [0.717, 1.165) is 6.07 Å². The van der Waals surface area contributed by atoms with Crippen LogP contribution in [0.15, 0.2) is 16.6 Å². The van der Waals surface area contributed by atoms with E-state index < -0.39 is 5.82 Å². The van der Waals surface area contributed by atoms with E-state index >= 15 is 0 Å². The van der Waals surface area contributed by atoms with E-state index in [9.17, 15) is 9.18 Å². The maximum atomic E-state index is 13.5. The van der Waals surface area contributed by atoms with Gasteiger partial charge in [-0.05, 0) is 41.9 Å². The number of hydrogen-bond donors (Lipinski definition) is 1. The Balaban J connectivity index is 2.67. The third kappa shape index (κ3) is 4.52. The number of nitrogens with one attached hydrogen (secondary N) is 1. The maximum Gasteiger partial charge on any atom is 0.258 e. The highest BCUT2D eigenvalue weighted by atomic mass is 79.9. The molecule has 0 aliphatic rings. The molecule has 17 heavy (non-hydrogen) atoms. The van der Waals surface area contributed by atoms with Crippen LogP contribution < -0.4 is 10.1 Å². The first kappa shape index (κ1) is 14.3. The summed E-state index contributed by atoms with van der Waals surface area (Å²) >= 11 is 8.77. The zero-order chi connectivity index (χ0) is 13.0. The van der Waals surface area contributed by atoms with Crippen LogP contribution in [0.5, 0.6) is 5.75 Å². The summed E-state index contributed by atoms with van der Waals surface area (Å²) in [6.45, 7) is 3.42. The van der Waals surface area contributed by atoms with Crippen molar-refractivity contribution >= 4 is 33.4 Å². The fourth-order valence-corrected chi connectivity index (χ4v) is 2.06. The number of carbonyl (C=O) groups is 1. The van der Waals surface area contributed by atoms with Gasteiger partial charge in [0.05, 0.1) is 4.47 Å². The molecule has 1 rings (SSSR count). The quantitative estimate of drug-likeness (QED) is 0.924. The first-order valence-electron chi connectivity index (χ1n) is 4.97. The van der Waals surface area contributed by atoms with Gasteiger partial charge in [-0.3, -0.25) is 4.79 Å². The van der Waals surface area contributed by atoms with E-state index in [1.54, 1.807) is 0 Å². The molecular weight excluding hydrogens is 312 g/mol. The molecular formula is C11H12BrClFNO2. The second-order valence-corrected chi connectivity index (χ2v) is 5.00. The lowest BCUT2D eigenvalue weighted by Crippen LogP contribution is -2.34. The normalized spacial score (nSPS) is 10.5. The molecule has 1 N–H and O–H groups in total. The Bertz CT molecular complexity index is 403. The van der Waals surface area contributed by atoms with Gasteiger partial charge in [-0.15, -0.1) is 0 Å². The first-order valence-corrected chi connectivity index (χ1v) is 6.14. The second kappa shape index (κ2) is 6.21. The van der Waals surface area contributed by atoms with Crippen LogP contribution in [-0.4, -0.2) is 18.6 Å². The smallest absolute Gasteiger partial charge is 0.258 e. The van der Waals surface area contributed by atoms with Crippen molar-refractivity contribution in [2.24, 2.45) is 0 Å². The van der Waals surface area contributed by atoms with Crippen LogP contribution in [0.3, 0.4) is 0 Å². The van der Waals surface area contributed by atoms with Crippen LogP contribution in [0, 0.1) is 5.82 Å². The van der Waals surface area contributed by atoms with Gasteiger partial charge >= 0.3 is 0 Å². The Hall–Kier alpha value is -0.810. The topological polar surface area (TPSA) is 38.3 Å². The summed E-state index contributed by atoms with van der Waals surface area (Å²) in [5.41, 5.74) is 0. The zero-order valence-corrected chi connectivity index (χ0v) is 11.7. The molecule has 0 unspecified atom stereocenters.